The Labute approximate surface area is 180 Å². The minimum atomic E-state index is -4.72. The van der Waals surface area contributed by atoms with Crippen molar-refractivity contribution in [1.29, 1.82) is 0 Å². The molecule has 2 amide bonds. The number of alkyl halides is 3. The third-order valence-electron chi connectivity index (χ3n) is 4.86. The van der Waals surface area contributed by atoms with Crippen LogP contribution in [0.2, 0.25) is 0 Å². The molecule has 0 bridgehead atoms. The van der Waals surface area contributed by atoms with Gasteiger partial charge in [0.1, 0.15) is 5.82 Å². The molecule has 1 aromatic heterocycles. The highest BCUT2D eigenvalue weighted by Gasteiger charge is 2.38. The lowest BCUT2D eigenvalue weighted by Gasteiger charge is -2.33. The first kappa shape index (κ1) is 21.8. The number of hydrogen-bond acceptors (Lipinski definition) is 5. The van der Waals surface area contributed by atoms with Gasteiger partial charge < -0.3 is 14.1 Å². The number of anilines is 1. The van der Waals surface area contributed by atoms with E-state index in [1.54, 1.807) is 17.0 Å². The van der Waals surface area contributed by atoms with Gasteiger partial charge in [-0.05, 0) is 42.0 Å². The molecule has 168 valence electrons. The van der Waals surface area contributed by atoms with E-state index < -0.39 is 17.9 Å². The summed E-state index contributed by atoms with van der Waals surface area (Å²) in [6.07, 6.45) is -4.72. The molecule has 0 spiro atoms. The topological polar surface area (TPSA) is 71.7 Å². The van der Waals surface area contributed by atoms with Crippen molar-refractivity contribution >= 4 is 11.7 Å². The summed E-state index contributed by atoms with van der Waals surface area (Å²) in [7, 11) is 0. The van der Waals surface area contributed by atoms with Gasteiger partial charge in [-0.15, -0.1) is 10.2 Å². The molecule has 32 heavy (non-hydrogen) atoms. The van der Waals surface area contributed by atoms with Gasteiger partial charge >= 0.3 is 18.1 Å². The Bertz CT molecular complexity index is 1060. The SMILES string of the molecule is O=C(N1CCOCC1)N(Cc1ccc(-c2nnc(C(F)(F)F)o2)cc1)c1ccc(F)cc1. The normalized spacial score (nSPS) is 14.4. The second-order valence-electron chi connectivity index (χ2n) is 7.05. The predicted molar refractivity (Wildman–Crippen MR) is 105 cm³/mol. The maximum atomic E-state index is 13.4. The van der Waals surface area contributed by atoms with E-state index in [9.17, 15) is 22.4 Å². The molecule has 1 fully saturated rings. The molecule has 1 saturated heterocycles. The van der Waals surface area contributed by atoms with Crippen molar-refractivity contribution in [2.75, 3.05) is 31.2 Å². The van der Waals surface area contributed by atoms with Gasteiger partial charge in [0.15, 0.2) is 0 Å². The second-order valence-corrected chi connectivity index (χ2v) is 7.05. The number of urea groups is 1. The largest absolute Gasteiger partial charge is 0.470 e. The maximum absolute atomic E-state index is 13.4. The number of ether oxygens (including phenoxy) is 1. The van der Waals surface area contributed by atoms with E-state index >= 15 is 0 Å². The van der Waals surface area contributed by atoms with Gasteiger partial charge in [0.05, 0.1) is 19.8 Å². The summed E-state index contributed by atoms with van der Waals surface area (Å²) in [6, 6.07) is 11.7. The molecule has 0 aliphatic carbocycles. The molecule has 0 unspecified atom stereocenters. The van der Waals surface area contributed by atoms with E-state index in [-0.39, 0.29) is 18.5 Å². The lowest BCUT2D eigenvalue weighted by Crippen LogP contribution is -2.48. The minimum Gasteiger partial charge on any atom is -0.413 e. The quantitative estimate of drug-likeness (QED) is 0.553. The molecule has 0 atom stereocenters. The van der Waals surface area contributed by atoms with Crippen LogP contribution in [-0.4, -0.2) is 47.4 Å². The maximum Gasteiger partial charge on any atom is 0.470 e. The van der Waals surface area contributed by atoms with Gasteiger partial charge in [0.2, 0.25) is 5.89 Å². The van der Waals surface area contributed by atoms with Crippen LogP contribution in [0, 0.1) is 5.82 Å². The van der Waals surface area contributed by atoms with Crippen molar-refractivity contribution in [3.63, 3.8) is 0 Å². The Kier molecular flexibility index (Phi) is 6.08. The molecule has 3 aromatic rings. The monoisotopic (exact) mass is 450 g/mol. The van der Waals surface area contributed by atoms with E-state index in [4.69, 9.17) is 4.74 Å². The number of amides is 2. The van der Waals surface area contributed by atoms with Crippen LogP contribution in [0.5, 0.6) is 0 Å². The van der Waals surface area contributed by atoms with Crippen molar-refractivity contribution in [2.24, 2.45) is 0 Å². The zero-order valence-corrected chi connectivity index (χ0v) is 16.7. The number of hydrogen-bond donors (Lipinski definition) is 0. The van der Waals surface area contributed by atoms with Crippen molar-refractivity contribution < 1.29 is 31.5 Å². The third-order valence-corrected chi connectivity index (χ3v) is 4.86. The Hall–Kier alpha value is -3.47. The highest BCUT2D eigenvalue weighted by atomic mass is 19.4. The molecular formula is C21H18F4N4O3. The van der Waals surface area contributed by atoms with Gasteiger partial charge in [-0.1, -0.05) is 12.1 Å². The number of carbonyl (C=O) groups is 1. The molecule has 0 radical (unpaired) electrons. The number of carbonyl (C=O) groups excluding carboxylic acids is 1. The molecule has 0 saturated carbocycles. The number of rotatable bonds is 4. The number of halogens is 4. The fourth-order valence-corrected chi connectivity index (χ4v) is 3.21. The first-order valence-corrected chi connectivity index (χ1v) is 9.71. The minimum absolute atomic E-state index is 0.166. The lowest BCUT2D eigenvalue weighted by molar-refractivity contribution is -0.156. The van der Waals surface area contributed by atoms with Crippen LogP contribution in [0.1, 0.15) is 11.5 Å². The van der Waals surface area contributed by atoms with Crippen LogP contribution in [0.4, 0.5) is 28.0 Å². The zero-order valence-electron chi connectivity index (χ0n) is 16.7. The van der Waals surface area contributed by atoms with E-state index in [2.05, 4.69) is 14.6 Å². The average molecular weight is 450 g/mol. The highest BCUT2D eigenvalue weighted by Crippen LogP contribution is 2.30. The van der Waals surface area contributed by atoms with Gasteiger partial charge in [-0.25, -0.2) is 9.18 Å². The number of benzene rings is 2. The van der Waals surface area contributed by atoms with E-state index in [1.807, 2.05) is 0 Å². The number of morpholine rings is 1. The van der Waals surface area contributed by atoms with E-state index in [0.717, 1.165) is 0 Å². The van der Waals surface area contributed by atoms with Gasteiger partial charge in [-0.2, -0.15) is 13.2 Å². The summed E-state index contributed by atoms with van der Waals surface area (Å²) in [5.74, 6) is -2.10. The van der Waals surface area contributed by atoms with Crippen LogP contribution in [-0.2, 0) is 17.5 Å². The predicted octanol–water partition coefficient (Wildman–Crippen LogP) is 4.35. The van der Waals surface area contributed by atoms with Crippen LogP contribution in [0.15, 0.2) is 52.9 Å². The number of nitrogens with zero attached hydrogens (tertiary/aromatic N) is 4. The van der Waals surface area contributed by atoms with Crippen LogP contribution in [0.25, 0.3) is 11.5 Å². The lowest BCUT2D eigenvalue weighted by atomic mass is 10.1. The van der Waals surface area contributed by atoms with Gasteiger partial charge in [0.25, 0.3) is 0 Å². The first-order chi connectivity index (χ1) is 15.3. The summed E-state index contributed by atoms with van der Waals surface area (Å²) in [6.45, 7) is 1.91. The number of aromatic nitrogens is 2. The van der Waals surface area contributed by atoms with Crippen LogP contribution in [0.3, 0.4) is 0 Å². The standard InChI is InChI=1S/C21H18F4N4O3/c22-16-5-7-17(8-6-16)29(20(30)28-9-11-31-12-10-28)13-14-1-3-15(4-2-14)18-26-27-19(32-18)21(23,24)25/h1-8H,9-13H2. The summed E-state index contributed by atoms with van der Waals surface area (Å²) in [4.78, 5) is 16.3. The average Bonchev–Trinajstić information content (AvgIpc) is 3.30. The summed E-state index contributed by atoms with van der Waals surface area (Å²) in [5.41, 5.74) is 1.53. The fraction of sp³-hybridized carbons (Fsp3) is 0.286. The molecular weight excluding hydrogens is 432 g/mol. The van der Waals surface area contributed by atoms with Crippen molar-refractivity contribution in [3.05, 3.63) is 65.8 Å². The Balaban J connectivity index is 1.55. The van der Waals surface area contributed by atoms with Crippen LogP contribution >= 0.6 is 0 Å². The highest BCUT2D eigenvalue weighted by molar-refractivity contribution is 5.92. The Morgan fingerprint density at radius 2 is 1.66 bits per heavy atom. The molecule has 2 aromatic carbocycles. The molecule has 2 heterocycles. The van der Waals surface area contributed by atoms with E-state index in [0.29, 0.717) is 43.1 Å². The molecule has 1 aliphatic heterocycles. The smallest absolute Gasteiger partial charge is 0.413 e. The Morgan fingerprint density at radius 1 is 1.00 bits per heavy atom. The van der Waals surface area contributed by atoms with Gasteiger partial charge in [-0.3, -0.25) is 4.90 Å². The summed E-state index contributed by atoms with van der Waals surface area (Å²) >= 11 is 0. The molecule has 1 aliphatic rings. The molecule has 0 N–H and O–H groups in total. The summed E-state index contributed by atoms with van der Waals surface area (Å²) < 4.78 is 61.4. The summed E-state index contributed by atoms with van der Waals surface area (Å²) in [5, 5.41) is 6.45. The first-order valence-electron chi connectivity index (χ1n) is 9.71. The zero-order chi connectivity index (χ0) is 22.7. The van der Waals surface area contributed by atoms with Crippen molar-refractivity contribution in [1.82, 2.24) is 15.1 Å². The Morgan fingerprint density at radius 3 is 2.25 bits per heavy atom. The fourth-order valence-electron chi connectivity index (χ4n) is 3.21. The molecule has 7 nitrogen and oxygen atoms in total. The second kappa shape index (κ2) is 8.95. The molecule has 4 rings (SSSR count). The molecule has 11 heteroatoms. The van der Waals surface area contributed by atoms with Gasteiger partial charge in [0, 0.05) is 24.3 Å². The third kappa shape index (κ3) is 4.88. The van der Waals surface area contributed by atoms with E-state index in [1.165, 1.54) is 41.3 Å². The van der Waals surface area contributed by atoms with Crippen LogP contribution < -0.4 is 4.90 Å². The van der Waals surface area contributed by atoms with Crippen molar-refractivity contribution in [3.8, 4) is 11.5 Å². The van der Waals surface area contributed by atoms with Crippen molar-refractivity contribution in [2.45, 2.75) is 12.7 Å².